The summed E-state index contributed by atoms with van der Waals surface area (Å²) in [5.74, 6) is 0.794. The summed E-state index contributed by atoms with van der Waals surface area (Å²) in [5.41, 5.74) is 4.07. The molecule has 0 spiro atoms. The Balaban J connectivity index is 1.88. The van der Waals surface area contributed by atoms with Crippen molar-refractivity contribution in [2.75, 3.05) is 4.90 Å². The zero-order chi connectivity index (χ0) is 17.5. The minimum absolute atomic E-state index is 0.426. The molecule has 0 N–H and O–H groups in total. The van der Waals surface area contributed by atoms with Gasteiger partial charge in [0.2, 0.25) is 0 Å². The molecule has 0 aliphatic heterocycles. The van der Waals surface area contributed by atoms with E-state index in [4.69, 9.17) is 5.26 Å². The Morgan fingerprint density at radius 3 is 2.36 bits per heavy atom. The fraction of sp³-hybridized carbons (Fsp3) is 0.190. The lowest BCUT2D eigenvalue weighted by molar-refractivity contribution is 0.779. The van der Waals surface area contributed by atoms with Crippen molar-refractivity contribution < 1.29 is 0 Å². The maximum Gasteiger partial charge on any atom is 0.142 e. The van der Waals surface area contributed by atoms with Gasteiger partial charge in [-0.25, -0.2) is 4.98 Å². The van der Waals surface area contributed by atoms with Crippen molar-refractivity contribution in [2.24, 2.45) is 0 Å². The molecular formula is C21H20N4. The molecule has 2 heterocycles. The second-order valence-electron chi connectivity index (χ2n) is 5.88. The molecule has 2 aromatic heterocycles. The van der Waals surface area contributed by atoms with Gasteiger partial charge >= 0.3 is 0 Å². The van der Waals surface area contributed by atoms with E-state index >= 15 is 0 Å². The average molecular weight is 328 g/mol. The largest absolute Gasteiger partial charge is 0.348 e. The third-order valence-corrected chi connectivity index (χ3v) is 4.07. The van der Waals surface area contributed by atoms with Crippen LogP contribution in [0.15, 0.2) is 67.0 Å². The fourth-order valence-electron chi connectivity index (χ4n) is 2.69. The third-order valence-electron chi connectivity index (χ3n) is 4.07. The van der Waals surface area contributed by atoms with Crippen LogP contribution >= 0.6 is 0 Å². The summed E-state index contributed by atoms with van der Waals surface area (Å²) >= 11 is 0. The Labute approximate surface area is 148 Å². The summed E-state index contributed by atoms with van der Waals surface area (Å²) in [6, 6.07) is 20.3. The molecule has 0 aliphatic carbocycles. The Kier molecular flexibility index (Phi) is 5.38. The number of benzene rings is 1. The van der Waals surface area contributed by atoms with E-state index in [9.17, 15) is 0 Å². The average Bonchev–Trinajstić information content (AvgIpc) is 2.69. The van der Waals surface area contributed by atoms with Gasteiger partial charge < -0.3 is 4.90 Å². The van der Waals surface area contributed by atoms with E-state index in [0.717, 1.165) is 24.3 Å². The lowest BCUT2D eigenvalue weighted by Gasteiger charge is -2.24. The number of aromatic nitrogens is 2. The minimum Gasteiger partial charge on any atom is -0.348 e. The van der Waals surface area contributed by atoms with E-state index in [2.05, 4.69) is 52.1 Å². The molecule has 0 saturated heterocycles. The molecule has 0 aliphatic rings. The minimum atomic E-state index is 0.426. The van der Waals surface area contributed by atoms with Gasteiger partial charge in [0.15, 0.2) is 0 Å². The van der Waals surface area contributed by atoms with Crippen LogP contribution in [-0.4, -0.2) is 9.97 Å². The molecule has 1 aromatic carbocycles. The molecule has 0 unspecified atom stereocenters. The second kappa shape index (κ2) is 8.07. The smallest absolute Gasteiger partial charge is 0.142 e. The number of nitriles is 1. The van der Waals surface area contributed by atoms with Crippen LogP contribution in [-0.2, 0) is 19.5 Å². The first-order valence-corrected chi connectivity index (χ1v) is 8.37. The van der Waals surface area contributed by atoms with Crippen LogP contribution < -0.4 is 4.90 Å². The van der Waals surface area contributed by atoms with Crippen molar-refractivity contribution in [1.29, 1.82) is 5.26 Å². The zero-order valence-electron chi connectivity index (χ0n) is 14.3. The standard InChI is InChI=1S/C21H20N4/c1-2-17-8-10-18(11-9-17)15-25(16-19-5-4-12-23-14-19)21-7-3-6-20(13-22)24-21/h3-12,14H,2,15-16H2,1H3. The van der Waals surface area contributed by atoms with Crippen LogP contribution in [0.1, 0.15) is 29.3 Å². The summed E-state index contributed by atoms with van der Waals surface area (Å²) in [7, 11) is 0. The third kappa shape index (κ3) is 4.42. The quantitative estimate of drug-likeness (QED) is 0.683. The van der Waals surface area contributed by atoms with Crippen molar-refractivity contribution in [3.63, 3.8) is 0 Å². The lowest BCUT2D eigenvalue weighted by atomic mass is 10.1. The number of hydrogen-bond donors (Lipinski definition) is 0. The van der Waals surface area contributed by atoms with Crippen LogP contribution in [0, 0.1) is 11.3 Å². The van der Waals surface area contributed by atoms with Gasteiger partial charge in [0.25, 0.3) is 0 Å². The maximum atomic E-state index is 9.14. The van der Waals surface area contributed by atoms with Gasteiger partial charge in [-0.3, -0.25) is 4.98 Å². The lowest BCUT2D eigenvalue weighted by Crippen LogP contribution is -2.23. The molecule has 4 nitrogen and oxygen atoms in total. The Hall–Kier alpha value is -3.19. The number of rotatable bonds is 6. The van der Waals surface area contributed by atoms with Gasteiger partial charge in [-0.15, -0.1) is 0 Å². The topological polar surface area (TPSA) is 52.8 Å². The van der Waals surface area contributed by atoms with E-state index in [1.54, 1.807) is 12.3 Å². The summed E-state index contributed by atoms with van der Waals surface area (Å²) in [6.45, 7) is 3.56. The van der Waals surface area contributed by atoms with Crippen LogP contribution in [0.3, 0.4) is 0 Å². The number of aryl methyl sites for hydroxylation is 1. The molecule has 4 heteroatoms. The predicted molar refractivity (Wildman–Crippen MR) is 98.9 cm³/mol. The van der Waals surface area contributed by atoms with Gasteiger partial charge in [-0.05, 0) is 41.3 Å². The predicted octanol–water partition coefficient (Wildman–Crippen LogP) is 4.12. The highest BCUT2D eigenvalue weighted by Crippen LogP contribution is 2.19. The first-order valence-electron chi connectivity index (χ1n) is 8.37. The monoisotopic (exact) mass is 328 g/mol. The fourth-order valence-corrected chi connectivity index (χ4v) is 2.69. The van der Waals surface area contributed by atoms with E-state index in [1.807, 2.05) is 30.5 Å². The van der Waals surface area contributed by atoms with E-state index < -0.39 is 0 Å². The normalized spacial score (nSPS) is 10.2. The number of hydrogen-bond acceptors (Lipinski definition) is 4. The zero-order valence-corrected chi connectivity index (χ0v) is 14.3. The van der Waals surface area contributed by atoms with Crippen molar-refractivity contribution in [3.05, 3.63) is 89.4 Å². The number of nitrogens with zero attached hydrogens (tertiary/aromatic N) is 4. The molecule has 0 atom stereocenters. The van der Waals surface area contributed by atoms with Crippen LogP contribution in [0.2, 0.25) is 0 Å². The van der Waals surface area contributed by atoms with Crippen molar-refractivity contribution >= 4 is 5.82 Å². The molecule has 0 saturated carbocycles. The van der Waals surface area contributed by atoms with Crippen LogP contribution in [0.25, 0.3) is 0 Å². The van der Waals surface area contributed by atoms with Crippen molar-refractivity contribution in [1.82, 2.24) is 9.97 Å². The molecule has 3 rings (SSSR count). The van der Waals surface area contributed by atoms with Gasteiger partial charge in [0.1, 0.15) is 17.6 Å². The molecule has 0 radical (unpaired) electrons. The highest BCUT2D eigenvalue weighted by atomic mass is 15.2. The first-order chi connectivity index (χ1) is 12.3. The number of anilines is 1. The number of pyridine rings is 2. The van der Waals surface area contributed by atoms with Gasteiger partial charge in [0, 0.05) is 25.5 Å². The van der Waals surface area contributed by atoms with E-state index in [0.29, 0.717) is 12.2 Å². The summed E-state index contributed by atoms with van der Waals surface area (Å²) in [4.78, 5) is 10.8. The second-order valence-corrected chi connectivity index (χ2v) is 5.88. The first kappa shape index (κ1) is 16.7. The Bertz CT molecular complexity index is 851. The van der Waals surface area contributed by atoms with Crippen molar-refractivity contribution in [3.8, 4) is 6.07 Å². The van der Waals surface area contributed by atoms with Crippen LogP contribution in [0.4, 0.5) is 5.82 Å². The molecule has 0 amide bonds. The van der Waals surface area contributed by atoms with E-state index in [1.165, 1.54) is 11.1 Å². The van der Waals surface area contributed by atoms with Crippen molar-refractivity contribution in [2.45, 2.75) is 26.4 Å². The van der Waals surface area contributed by atoms with Gasteiger partial charge in [-0.1, -0.05) is 43.3 Å². The molecule has 3 aromatic rings. The Morgan fingerprint density at radius 1 is 0.920 bits per heavy atom. The molecule has 0 fully saturated rings. The summed E-state index contributed by atoms with van der Waals surface area (Å²) in [6.07, 6.45) is 4.67. The van der Waals surface area contributed by atoms with Crippen LogP contribution in [0.5, 0.6) is 0 Å². The Morgan fingerprint density at radius 2 is 1.68 bits per heavy atom. The molecule has 0 bridgehead atoms. The highest BCUT2D eigenvalue weighted by Gasteiger charge is 2.11. The summed E-state index contributed by atoms with van der Waals surface area (Å²) < 4.78 is 0. The maximum absolute atomic E-state index is 9.14. The molecular weight excluding hydrogens is 308 g/mol. The molecule has 124 valence electrons. The van der Waals surface area contributed by atoms with Gasteiger partial charge in [0.05, 0.1) is 0 Å². The SMILES string of the molecule is CCc1ccc(CN(Cc2cccnc2)c2cccc(C#N)n2)cc1. The summed E-state index contributed by atoms with van der Waals surface area (Å²) in [5, 5.41) is 9.14. The highest BCUT2D eigenvalue weighted by molar-refractivity contribution is 5.43. The van der Waals surface area contributed by atoms with Gasteiger partial charge in [-0.2, -0.15) is 5.26 Å². The molecule has 25 heavy (non-hydrogen) atoms. The van der Waals surface area contributed by atoms with E-state index in [-0.39, 0.29) is 0 Å².